The molecule has 0 aliphatic rings. The number of nitrogens with zero attached hydrogens (tertiary/aromatic N) is 1. The lowest BCUT2D eigenvalue weighted by Crippen LogP contribution is -2.35. The Morgan fingerprint density at radius 3 is 2.54 bits per heavy atom. The van der Waals surface area contributed by atoms with Gasteiger partial charge in [0, 0.05) is 19.3 Å². The van der Waals surface area contributed by atoms with E-state index in [9.17, 15) is 8.42 Å². The van der Waals surface area contributed by atoms with Gasteiger partial charge in [-0.2, -0.15) is 11.8 Å². The van der Waals surface area contributed by atoms with Gasteiger partial charge in [-0.05, 0) is 6.26 Å². The zero-order valence-electron chi connectivity index (χ0n) is 7.69. The maximum atomic E-state index is 11.4. The molecule has 2 N–H and O–H groups in total. The Morgan fingerprint density at radius 1 is 1.62 bits per heavy atom. The third-order valence-electron chi connectivity index (χ3n) is 1.41. The molecule has 0 saturated carbocycles. The highest BCUT2D eigenvalue weighted by molar-refractivity contribution is 7.98. The zero-order chi connectivity index (χ0) is 10.5. The number of sulfonamides is 1. The summed E-state index contributed by atoms with van der Waals surface area (Å²) in [5.74, 6) is 0.528. The molecule has 0 fully saturated rings. The molecule has 0 atom stereocenters. The van der Waals surface area contributed by atoms with Gasteiger partial charge >= 0.3 is 0 Å². The van der Waals surface area contributed by atoms with Crippen molar-refractivity contribution in [3.8, 4) is 0 Å². The van der Waals surface area contributed by atoms with Crippen LogP contribution in [0.15, 0.2) is 0 Å². The van der Waals surface area contributed by atoms with E-state index in [1.165, 1.54) is 11.4 Å². The monoisotopic (exact) mass is 242 g/mol. The highest BCUT2D eigenvalue weighted by Gasteiger charge is 2.17. The van der Waals surface area contributed by atoms with Crippen LogP contribution in [0.4, 0.5) is 0 Å². The van der Waals surface area contributed by atoms with E-state index in [0.29, 0.717) is 6.54 Å². The standard InChI is InChI=1S/C6H14N2O2S3/c1-8(3-4-12-2)13(9,10)5-6(7)11/h3-5H2,1-2H3,(H2,7,11). The Morgan fingerprint density at radius 2 is 2.15 bits per heavy atom. The van der Waals surface area contributed by atoms with E-state index in [1.807, 2.05) is 6.26 Å². The van der Waals surface area contributed by atoms with Crippen LogP contribution in [0.5, 0.6) is 0 Å². The molecule has 0 aliphatic heterocycles. The molecule has 0 unspecified atom stereocenters. The van der Waals surface area contributed by atoms with Gasteiger partial charge in [-0.15, -0.1) is 0 Å². The molecule has 7 heteroatoms. The van der Waals surface area contributed by atoms with Crippen molar-refractivity contribution in [1.29, 1.82) is 0 Å². The first-order valence-corrected chi connectivity index (χ1v) is 7.02. The summed E-state index contributed by atoms with van der Waals surface area (Å²) in [6.07, 6.45) is 1.92. The largest absolute Gasteiger partial charge is 0.392 e. The lowest BCUT2D eigenvalue weighted by Gasteiger charge is -2.15. The molecule has 0 amide bonds. The van der Waals surface area contributed by atoms with Crippen LogP contribution in [-0.4, -0.2) is 49.1 Å². The van der Waals surface area contributed by atoms with Crippen LogP contribution in [0.2, 0.25) is 0 Å². The molecule has 0 bridgehead atoms. The minimum absolute atomic E-state index is 0.0102. The van der Waals surface area contributed by atoms with Gasteiger partial charge in [-0.25, -0.2) is 12.7 Å². The van der Waals surface area contributed by atoms with E-state index in [2.05, 4.69) is 12.2 Å². The van der Waals surface area contributed by atoms with Crippen LogP contribution in [0.3, 0.4) is 0 Å². The maximum absolute atomic E-state index is 11.4. The number of thioether (sulfide) groups is 1. The fourth-order valence-electron chi connectivity index (χ4n) is 0.649. The second-order valence-electron chi connectivity index (χ2n) is 2.54. The highest BCUT2D eigenvalue weighted by atomic mass is 32.2. The van der Waals surface area contributed by atoms with E-state index in [0.717, 1.165) is 5.75 Å². The number of nitrogens with two attached hydrogens (primary N) is 1. The Labute approximate surface area is 88.9 Å². The van der Waals surface area contributed by atoms with Gasteiger partial charge in [-0.1, -0.05) is 12.2 Å². The average molecular weight is 242 g/mol. The summed E-state index contributed by atoms with van der Waals surface area (Å²) < 4.78 is 24.1. The molecule has 0 radical (unpaired) electrons. The minimum atomic E-state index is -3.28. The van der Waals surface area contributed by atoms with Crippen molar-refractivity contribution in [1.82, 2.24) is 4.31 Å². The first-order valence-electron chi connectivity index (χ1n) is 3.61. The highest BCUT2D eigenvalue weighted by Crippen LogP contribution is 2.00. The van der Waals surface area contributed by atoms with E-state index in [1.54, 1.807) is 11.8 Å². The zero-order valence-corrected chi connectivity index (χ0v) is 10.1. The van der Waals surface area contributed by atoms with E-state index >= 15 is 0 Å². The van der Waals surface area contributed by atoms with Gasteiger partial charge in [0.2, 0.25) is 10.0 Å². The van der Waals surface area contributed by atoms with Gasteiger partial charge in [0.25, 0.3) is 0 Å². The lowest BCUT2D eigenvalue weighted by atomic mass is 10.8. The lowest BCUT2D eigenvalue weighted by molar-refractivity contribution is 0.492. The molecule has 78 valence electrons. The summed E-state index contributed by atoms with van der Waals surface area (Å²) in [6.45, 7) is 0.492. The predicted octanol–water partition coefficient (Wildman–Crippen LogP) is -0.103. The molecule has 0 saturated heterocycles. The minimum Gasteiger partial charge on any atom is -0.392 e. The van der Waals surface area contributed by atoms with E-state index in [4.69, 9.17) is 5.73 Å². The normalized spacial score (nSPS) is 11.9. The second kappa shape index (κ2) is 5.79. The fourth-order valence-corrected chi connectivity index (χ4v) is 2.62. The fraction of sp³-hybridized carbons (Fsp3) is 0.833. The number of hydrogen-bond donors (Lipinski definition) is 1. The summed E-state index contributed by atoms with van der Waals surface area (Å²) in [5, 5.41) is 0. The average Bonchev–Trinajstić information content (AvgIpc) is 1.97. The first-order chi connectivity index (χ1) is 5.90. The molecule has 0 heterocycles. The van der Waals surface area contributed by atoms with Gasteiger partial charge in [0.05, 0.1) is 4.99 Å². The third kappa shape index (κ3) is 5.45. The third-order valence-corrected chi connectivity index (χ3v) is 4.14. The summed E-state index contributed by atoms with van der Waals surface area (Å²) in [7, 11) is -1.75. The van der Waals surface area contributed by atoms with Gasteiger partial charge < -0.3 is 5.73 Å². The van der Waals surface area contributed by atoms with Crippen LogP contribution < -0.4 is 5.73 Å². The van der Waals surface area contributed by atoms with E-state index in [-0.39, 0.29) is 10.7 Å². The van der Waals surface area contributed by atoms with Crippen LogP contribution in [0, 0.1) is 0 Å². The number of rotatable bonds is 6. The summed E-state index contributed by atoms with van der Waals surface area (Å²) in [4.78, 5) is 0.0102. The Hall–Kier alpha value is 0.150. The van der Waals surface area contributed by atoms with E-state index < -0.39 is 10.0 Å². The predicted molar refractivity (Wildman–Crippen MR) is 61.6 cm³/mol. The molecular weight excluding hydrogens is 228 g/mol. The Kier molecular flexibility index (Phi) is 5.86. The summed E-state index contributed by atoms with van der Waals surface area (Å²) in [6, 6.07) is 0. The van der Waals surface area contributed by atoms with Gasteiger partial charge in [-0.3, -0.25) is 0 Å². The molecule has 0 aromatic carbocycles. The van der Waals surface area contributed by atoms with Crippen molar-refractivity contribution in [3.63, 3.8) is 0 Å². The molecule has 0 aromatic rings. The second-order valence-corrected chi connectivity index (χ2v) is 6.12. The maximum Gasteiger partial charge on any atom is 0.220 e. The SMILES string of the molecule is CSCCN(C)S(=O)(=O)CC(N)=S. The summed E-state index contributed by atoms with van der Waals surface area (Å²) >= 11 is 6.14. The molecule has 0 aliphatic carbocycles. The van der Waals surface area contributed by atoms with Crippen molar-refractivity contribution in [2.75, 3.05) is 31.4 Å². The van der Waals surface area contributed by atoms with Gasteiger partial charge in [0.15, 0.2) is 0 Å². The Bertz CT molecular complexity index is 263. The van der Waals surface area contributed by atoms with Crippen LogP contribution in [-0.2, 0) is 10.0 Å². The topological polar surface area (TPSA) is 63.4 Å². The molecule has 0 rings (SSSR count). The van der Waals surface area contributed by atoms with Crippen molar-refractivity contribution < 1.29 is 8.42 Å². The quantitative estimate of drug-likeness (QED) is 0.659. The van der Waals surface area contributed by atoms with Crippen LogP contribution in [0.1, 0.15) is 0 Å². The van der Waals surface area contributed by atoms with Crippen LogP contribution in [0.25, 0.3) is 0 Å². The number of thiocarbonyl (C=S) groups is 1. The smallest absolute Gasteiger partial charge is 0.220 e. The Balaban J connectivity index is 4.20. The van der Waals surface area contributed by atoms with Crippen molar-refractivity contribution in [3.05, 3.63) is 0 Å². The molecule has 0 spiro atoms. The van der Waals surface area contributed by atoms with Crippen molar-refractivity contribution in [2.45, 2.75) is 0 Å². The molecule has 4 nitrogen and oxygen atoms in total. The van der Waals surface area contributed by atoms with Crippen LogP contribution >= 0.6 is 24.0 Å². The molecular formula is C6H14N2O2S3. The van der Waals surface area contributed by atoms with Crippen molar-refractivity contribution in [2.24, 2.45) is 5.73 Å². The van der Waals surface area contributed by atoms with Gasteiger partial charge in [0.1, 0.15) is 5.75 Å². The summed E-state index contributed by atoms with van der Waals surface area (Å²) in [5.41, 5.74) is 5.17. The molecule has 0 aromatic heterocycles. The van der Waals surface area contributed by atoms with Crippen molar-refractivity contribution >= 4 is 39.0 Å². The number of hydrogen-bond acceptors (Lipinski definition) is 4. The molecule has 13 heavy (non-hydrogen) atoms. The first kappa shape index (κ1) is 13.2.